The van der Waals surface area contributed by atoms with E-state index in [2.05, 4.69) is 20.2 Å². The molecule has 0 bridgehead atoms. The van der Waals surface area contributed by atoms with E-state index in [9.17, 15) is 13.2 Å². The second-order valence-corrected chi connectivity index (χ2v) is 7.57. The molecular weight excluding hydrogens is 372 g/mol. The summed E-state index contributed by atoms with van der Waals surface area (Å²) in [4.78, 5) is 12.0. The summed E-state index contributed by atoms with van der Waals surface area (Å²) < 4.78 is 37.4. The monoisotopic (exact) mass is 396 g/mol. The summed E-state index contributed by atoms with van der Waals surface area (Å²) in [6, 6.07) is 5.41. The van der Waals surface area contributed by atoms with Crippen molar-refractivity contribution >= 4 is 15.9 Å². The highest BCUT2D eigenvalue weighted by Crippen LogP contribution is 2.24. The van der Waals surface area contributed by atoms with Gasteiger partial charge in [0.05, 0.1) is 32.2 Å². The van der Waals surface area contributed by atoms with E-state index in [1.165, 1.54) is 0 Å². The molecule has 3 N–H and O–H groups in total. The molecule has 27 heavy (non-hydrogen) atoms. The average Bonchev–Trinajstić information content (AvgIpc) is 2.99. The second kappa shape index (κ2) is 8.87. The lowest BCUT2D eigenvalue weighted by atomic mass is 10.1. The molecule has 0 saturated carbocycles. The molecule has 0 spiro atoms. The van der Waals surface area contributed by atoms with Crippen molar-refractivity contribution in [3.05, 3.63) is 35.2 Å². The van der Waals surface area contributed by atoms with Gasteiger partial charge >= 0.3 is 0 Å². The zero-order chi connectivity index (χ0) is 20.0. The number of aromatic amines is 1. The molecule has 0 unspecified atom stereocenters. The first-order valence-electron chi connectivity index (χ1n) is 8.27. The summed E-state index contributed by atoms with van der Waals surface area (Å²) in [6.45, 7) is 3.16. The number of aromatic nitrogens is 2. The predicted molar refractivity (Wildman–Crippen MR) is 99.5 cm³/mol. The van der Waals surface area contributed by atoms with Gasteiger partial charge in [-0.2, -0.15) is 5.10 Å². The third-order valence-corrected chi connectivity index (χ3v) is 5.62. The molecule has 0 fully saturated rings. The first kappa shape index (κ1) is 20.7. The molecule has 0 radical (unpaired) electrons. The number of carbonyl (C=O) groups is 1. The molecule has 1 aromatic carbocycles. The Hall–Kier alpha value is -2.59. The molecule has 1 amide bonds. The molecule has 9 nitrogen and oxygen atoms in total. The summed E-state index contributed by atoms with van der Waals surface area (Å²) >= 11 is 0. The number of H-pyrrole nitrogens is 1. The van der Waals surface area contributed by atoms with Crippen LogP contribution in [-0.4, -0.2) is 51.8 Å². The van der Waals surface area contributed by atoms with E-state index in [1.807, 2.05) is 6.07 Å². The van der Waals surface area contributed by atoms with Crippen LogP contribution in [0, 0.1) is 13.8 Å². The maximum Gasteiger partial charge on any atom is 0.244 e. The van der Waals surface area contributed by atoms with Crippen LogP contribution in [-0.2, 0) is 21.2 Å². The Balaban J connectivity index is 1.89. The molecule has 0 aliphatic rings. The molecule has 2 aromatic rings. The Labute approximate surface area is 158 Å². The van der Waals surface area contributed by atoms with Gasteiger partial charge in [-0.05, 0) is 44.0 Å². The molecule has 10 heteroatoms. The molecule has 1 aromatic heterocycles. The number of methoxy groups -OCH3 is 2. The minimum absolute atomic E-state index is 0.0661. The number of sulfonamides is 1. The maximum atomic E-state index is 12.3. The van der Waals surface area contributed by atoms with Gasteiger partial charge in [-0.15, -0.1) is 0 Å². The zero-order valence-corrected chi connectivity index (χ0v) is 16.6. The summed E-state index contributed by atoms with van der Waals surface area (Å²) in [5, 5.41) is 9.15. The smallest absolute Gasteiger partial charge is 0.244 e. The van der Waals surface area contributed by atoms with Crippen molar-refractivity contribution in [1.82, 2.24) is 20.2 Å². The molecular formula is C17H24N4O5S. The van der Waals surface area contributed by atoms with Gasteiger partial charge in [-0.3, -0.25) is 9.89 Å². The standard InChI is InChI=1S/C17H24N4O5S/c1-11-17(12(2)21-20-11)27(23,24)19-10-16(22)18-8-7-13-9-14(25-3)5-6-15(13)26-4/h5-6,9,19H,7-8,10H2,1-4H3,(H,18,22)(H,20,21). The Bertz CT molecular complexity index is 889. The van der Waals surface area contributed by atoms with Crippen molar-refractivity contribution in [3.63, 3.8) is 0 Å². The van der Waals surface area contributed by atoms with E-state index in [1.54, 1.807) is 40.2 Å². The minimum atomic E-state index is -3.81. The molecule has 0 aliphatic heterocycles. The van der Waals surface area contributed by atoms with Gasteiger partial charge in [0.25, 0.3) is 0 Å². The average molecular weight is 396 g/mol. The molecule has 0 atom stereocenters. The van der Waals surface area contributed by atoms with Gasteiger partial charge in [-0.1, -0.05) is 0 Å². The SMILES string of the molecule is COc1ccc(OC)c(CCNC(=O)CNS(=O)(=O)c2c(C)n[nH]c2C)c1. The van der Waals surface area contributed by atoms with Gasteiger partial charge in [0, 0.05) is 6.54 Å². The number of aryl methyl sites for hydroxylation is 2. The van der Waals surface area contributed by atoms with Crippen LogP contribution >= 0.6 is 0 Å². The van der Waals surface area contributed by atoms with Crippen molar-refractivity contribution in [2.45, 2.75) is 25.2 Å². The predicted octanol–water partition coefficient (Wildman–Crippen LogP) is 0.681. The van der Waals surface area contributed by atoms with Crippen molar-refractivity contribution < 1.29 is 22.7 Å². The molecule has 0 saturated heterocycles. The van der Waals surface area contributed by atoms with Gasteiger partial charge < -0.3 is 14.8 Å². The van der Waals surface area contributed by atoms with E-state index in [-0.39, 0.29) is 11.4 Å². The van der Waals surface area contributed by atoms with E-state index < -0.39 is 15.9 Å². The van der Waals surface area contributed by atoms with Gasteiger partial charge in [0.15, 0.2) is 0 Å². The van der Waals surface area contributed by atoms with E-state index in [0.29, 0.717) is 35.9 Å². The van der Waals surface area contributed by atoms with Crippen molar-refractivity contribution in [3.8, 4) is 11.5 Å². The van der Waals surface area contributed by atoms with Gasteiger partial charge in [0.1, 0.15) is 16.4 Å². The van der Waals surface area contributed by atoms with Crippen LogP contribution in [0.3, 0.4) is 0 Å². The Morgan fingerprint density at radius 3 is 2.56 bits per heavy atom. The van der Waals surface area contributed by atoms with Crippen LogP contribution in [0.25, 0.3) is 0 Å². The van der Waals surface area contributed by atoms with E-state index in [4.69, 9.17) is 9.47 Å². The van der Waals surface area contributed by atoms with Crippen LogP contribution in [0.1, 0.15) is 17.0 Å². The highest BCUT2D eigenvalue weighted by atomic mass is 32.2. The lowest BCUT2D eigenvalue weighted by molar-refractivity contribution is -0.119. The minimum Gasteiger partial charge on any atom is -0.497 e. The van der Waals surface area contributed by atoms with Gasteiger partial charge in [0.2, 0.25) is 15.9 Å². The summed E-state index contributed by atoms with van der Waals surface area (Å²) in [5.41, 5.74) is 1.65. The number of nitrogens with one attached hydrogen (secondary N) is 3. The molecule has 148 valence electrons. The molecule has 0 aliphatic carbocycles. The first-order valence-corrected chi connectivity index (χ1v) is 9.75. The van der Waals surface area contributed by atoms with E-state index >= 15 is 0 Å². The fraction of sp³-hybridized carbons (Fsp3) is 0.412. The summed E-state index contributed by atoms with van der Waals surface area (Å²) in [7, 11) is -0.671. The largest absolute Gasteiger partial charge is 0.497 e. The topological polar surface area (TPSA) is 122 Å². The Morgan fingerprint density at radius 1 is 1.22 bits per heavy atom. The van der Waals surface area contributed by atoms with Crippen LogP contribution in [0.15, 0.2) is 23.1 Å². The van der Waals surface area contributed by atoms with Crippen LogP contribution < -0.4 is 19.5 Å². The number of carbonyl (C=O) groups excluding carboxylic acids is 1. The van der Waals surface area contributed by atoms with Crippen LogP contribution in [0.4, 0.5) is 0 Å². The Morgan fingerprint density at radius 2 is 1.96 bits per heavy atom. The molecule has 1 heterocycles. The fourth-order valence-electron chi connectivity index (χ4n) is 2.65. The maximum absolute atomic E-state index is 12.3. The number of hydrogen-bond acceptors (Lipinski definition) is 6. The normalized spacial score (nSPS) is 11.3. The third-order valence-electron chi connectivity index (χ3n) is 3.96. The highest BCUT2D eigenvalue weighted by molar-refractivity contribution is 7.89. The first-order chi connectivity index (χ1) is 12.8. The van der Waals surface area contributed by atoms with Gasteiger partial charge in [-0.25, -0.2) is 13.1 Å². The van der Waals surface area contributed by atoms with Crippen molar-refractivity contribution in [1.29, 1.82) is 0 Å². The van der Waals surface area contributed by atoms with E-state index in [0.717, 1.165) is 5.56 Å². The fourth-order valence-corrected chi connectivity index (χ4v) is 3.99. The lowest BCUT2D eigenvalue weighted by Crippen LogP contribution is -2.38. The second-order valence-electron chi connectivity index (χ2n) is 5.87. The summed E-state index contributed by atoms with van der Waals surface area (Å²) in [6.07, 6.45) is 0.513. The quantitative estimate of drug-likeness (QED) is 0.573. The number of ether oxygens (including phenoxy) is 2. The number of rotatable bonds is 9. The summed E-state index contributed by atoms with van der Waals surface area (Å²) in [5.74, 6) is 0.951. The number of hydrogen-bond donors (Lipinski definition) is 3. The molecule has 2 rings (SSSR count). The number of amides is 1. The number of benzene rings is 1. The Kier molecular flexibility index (Phi) is 6.81. The van der Waals surface area contributed by atoms with Crippen molar-refractivity contribution in [2.75, 3.05) is 27.3 Å². The van der Waals surface area contributed by atoms with Crippen LogP contribution in [0.2, 0.25) is 0 Å². The lowest BCUT2D eigenvalue weighted by Gasteiger charge is -2.11. The highest BCUT2D eigenvalue weighted by Gasteiger charge is 2.22. The zero-order valence-electron chi connectivity index (χ0n) is 15.8. The number of nitrogens with zero attached hydrogens (tertiary/aromatic N) is 1. The van der Waals surface area contributed by atoms with Crippen LogP contribution in [0.5, 0.6) is 11.5 Å². The third kappa shape index (κ3) is 5.20. The van der Waals surface area contributed by atoms with Crippen molar-refractivity contribution in [2.24, 2.45) is 0 Å².